The third-order valence-electron chi connectivity index (χ3n) is 2.67. The highest BCUT2D eigenvalue weighted by Gasteiger charge is 1.98. The highest BCUT2D eigenvalue weighted by atomic mass is 32.1. The first kappa shape index (κ1) is 12.1. The Hall–Kier alpha value is -1.32. The van der Waals surface area contributed by atoms with Gasteiger partial charge < -0.3 is 10.4 Å². The minimum atomic E-state index is 0.102. The van der Waals surface area contributed by atoms with E-state index in [2.05, 4.69) is 24.4 Å². The molecule has 2 nitrogen and oxygen atoms in total. The lowest BCUT2D eigenvalue weighted by atomic mass is 10.2. The molecule has 0 aliphatic rings. The Kier molecular flexibility index (Phi) is 4.18. The second kappa shape index (κ2) is 5.84. The number of aliphatic hydroxyl groups is 1. The van der Waals surface area contributed by atoms with E-state index in [0.29, 0.717) is 0 Å². The van der Waals surface area contributed by atoms with Crippen LogP contribution in [-0.2, 0) is 19.6 Å². The number of hydrogen-bond acceptors (Lipinski definition) is 3. The van der Waals surface area contributed by atoms with Crippen LogP contribution in [0.5, 0.6) is 0 Å². The SMILES string of the molecule is CCc1ccc(CNc2ccc(CO)cc2)s1. The van der Waals surface area contributed by atoms with Crippen molar-refractivity contribution in [2.24, 2.45) is 0 Å². The maximum Gasteiger partial charge on any atom is 0.0681 e. The van der Waals surface area contributed by atoms with Gasteiger partial charge in [-0.1, -0.05) is 19.1 Å². The molecule has 0 aliphatic carbocycles. The van der Waals surface area contributed by atoms with E-state index < -0.39 is 0 Å². The summed E-state index contributed by atoms with van der Waals surface area (Å²) in [5.74, 6) is 0. The molecule has 0 saturated heterocycles. The predicted octanol–water partition coefficient (Wildman–Crippen LogP) is 3.41. The summed E-state index contributed by atoms with van der Waals surface area (Å²) in [4.78, 5) is 2.78. The Morgan fingerprint density at radius 3 is 2.35 bits per heavy atom. The Morgan fingerprint density at radius 1 is 1.06 bits per heavy atom. The lowest BCUT2D eigenvalue weighted by Crippen LogP contribution is -1.97. The molecule has 0 bridgehead atoms. The van der Waals surface area contributed by atoms with E-state index in [0.717, 1.165) is 24.2 Å². The second-order valence-corrected chi connectivity index (χ2v) is 5.18. The van der Waals surface area contributed by atoms with E-state index in [1.54, 1.807) is 0 Å². The van der Waals surface area contributed by atoms with Crippen molar-refractivity contribution in [3.8, 4) is 0 Å². The van der Waals surface area contributed by atoms with Crippen molar-refractivity contribution in [2.45, 2.75) is 26.5 Å². The maximum atomic E-state index is 8.95. The van der Waals surface area contributed by atoms with Crippen LogP contribution >= 0.6 is 11.3 Å². The van der Waals surface area contributed by atoms with Crippen molar-refractivity contribution in [1.29, 1.82) is 0 Å². The van der Waals surface area contributed by atoms with Crippen LogP contribution in [0.4, 0.5) is 5.69 Å². The first-order valence-corrected chi connectivity index (χ1v) is 6.64. The Bertz CT molecular complexity index is 461. The molecule has 0 spiro atoms. The molecule has 0 unspecified atom stereocenters. The van der Waals surface area contributed by atoms with Crippen LogP contribution in [0.1, 0.15) is 22.2 Å². The van der Waals surface area contributed by atoms with E-state index in [4.69, 9.17) is 5.11 Å². The molecule has 1 aromatic heterocycles. The van der Waals surface area contributed by atoms with Crippen molar-refractivity contribution in [1.82, 2.24) is 0 Å². The minimum Gasteiger partial charge on any atom is -0.392 e. The van der Waals surface area contributed by atoms with Gasteiger partial charge in [-0.15, -0.1) is 11.3 Å². The van der Waals surface area contributed by atoms with Crippen LogP contribution in [-0.4, -0.2) is 5.11 Å². The van der Waals surface area contributed by atoms with Crippen LogP contribution in [0, 0.1) is 0 Å². The van der Waals surface area contributed by atoms with Crippen molar-refractivity contribution in [3.05, 3.63) is 51.7 Å². The molecule has 1 aromatic carbocycles. The van der Waals surface area contributed by atoms with Crippen molar-refractivity contribution >= 4 is 17.0 Å². The van der Waals surface area contributed by atoms with Gasteiger partial charge in [0.2, 0.25) is 0 Å². The minimum absolute atomic E-state index is 0.102. The molecule has 2 N–H and O–H groups in total. The standard InChI is InChI=1S/C14H17NOS/c1-2-13-7-8-14(17-13)9-15-12-5-3-11(10-16)4-6-12/h3-8,15-16H,2,9-10H2,1H3. The predicted molar refractivity (Wildman–Crippen MR) is 73.4 cm³/mol. The van der Waals surface area contributed by atoms with E-state index in [1.807, 2.05) is 35.6 Å². The zero-order chi connectivity index (χ0) is 12.1. The smallest absolute Gasteiger partial charge is 0.0681 e. The summed E-state index contributed by atoms with van der Waals surface area (Å²) in [5, 5.41) is 12.3. The highest BCUT2D eigenvalue weighted by Crippen LogP contribution is 2.18. The first-order valence-electron chi connectivity index (χ1n) is 5.83. The summed E-state index contributed by atoms with van der Waals surface area (Å²) in [6.45, 7) is 3.14. The van der Waals surface area contributed by atoms with Crippen molar-refractivity contribution in [2.75, 3.05) is 5.32 Å². The summed E-state index contributed by atoms with van der Waals surface area (Å²) in [6.07, 6.45) is 1.11. The number of thiophene rings is 1. The number of aryl methyl sites for hydroxylation is 1. The van der Waals surface area contributed by atoms with Gasteiger partial charge in [0.15, 0.2) is 0 Å². The molecule has 0 radical (unpaired) electrons. The zero-order valence-corrected chi connectivity index (χ0v) is 10.8. The van der Waals surface area contributed by atoms with Gasteiger partial charge in [0.1, 0.15) is 0 Å². The normalized spacial score (nSPS) is 10.5. The lowest BCUT2D eigenvalue weighted by Gasteiger charge is -2.05. The summed E-state index contributed by atoms with van der Waals surface area (Å²) in [7, 11) is 0. The van der Waals surface area contributed by atoms with E-state index in [-0.39, 0.29) is 6.61 Å². The van der Waals surface area contributed by atoms with E-state index in [1.165, 1.54) is 9.75 Å². The number of aliphatic hydroxyl groups excluding tert-OH is 1. The fourth-order valence-corrected chi connectivity index (χ4v) is 2.52. The van der Waals surface area contributed by atoms with Crippen LogP contribution in [0.25, 0.3) is 0 Å². The van der Waals surface area contributed by atoms with Crippen molar-refractivity contribution in [3.63, 3.8) is 0 Å². The zero-order valence-electron chi connectivity index (χ0n) is 9.94. The third-order valence-corrected chi connectivity index (χ3v) is 3.90. The van der Waals surface area contributed by atoms with Crippen LogP contribution in [0.3, 0.4) is 0 Å². The van der Waals surface area contributed by atoms with Crippen molar-refractivity contribution < 1.29 is 5.11 Å². The number of rotatable bonds is 5. The summed E-state index contributed by atoms with van der Waals surface area (Å²) >= 11 is 1.86. The number of nitrogens with one attached hydrogen (secondary N) is 1. The maximum absolute atomic E-state index is 8.95. The third kappa shape index (κ3) is 3.32. The summed E-state index contributed by atoms with van der Waals surface area (Å²) in [5.41, 5.74) is 2.04. The monoisotopic (exact) mass is 247 g/mol. The van der Waals surface area contributed by atoms with Gasteiger partial charge in [-0.25, -0.2) is 0 Å². The molecule has 0 amide bonds. The molecule has 90 valence electrons. The summed E-state index contributed by atoms with van der Waals surface area (Å²) < 4.78 is 0. The van der Waals surface area contributed by atoms with Gasteiger partial charge in [0.05, 0.1) is 6.61 Å². The van der Waals surface area contributed by atoms with Gasteiger partial charge in [-0.2, -0.15) is 0 Å². The quantitative estimate of drug-likeness (QED) is 0.848. The van der Waals surface area contributed by atoms with Gasteiger partial charge in [-0.05, 0) is 36.2 Å². The summed E-state index contributed by atoms with van der Waals surface area (Å²) in [6, 6.07) is 12.2. The average molecular weight is 247 g/mol. The van der Waals surface area contributed by atoms with Crippen LogP contribution in [0.15, 0.2) is 36.4 Å². The molecule has 2 rings (SSSR count). The van der Waals surface area contributed by atoms with Gasteiger partial charge in [0.25, 0.3) is 0 Å². The number of anilines is 1. The highest BCUT2D eigenvalue weighted by molar-refractivity contribution is 7.12. The van der Waals surface area contributed by atoms with Gasteiger partial charge in [-0.3, -0.25) is 0 Å². The Morgan fingerprint density at radius 2 is 1.76 bits per heavy atom. The average Bonchev–Trinajstić information content (AvgIpc) is 2.85. The number of hydrogen-bond donors (Lipinski definition) is 2. The first-order chi connectivity index (χ1) is 8.31. The van der Waals surface area contributed by atoms with E-state index >= 15 is 0 Å². The van der Waals surface area contributed by atoms with Gasteiger partial charge in [0, 0.05) is 22.0 Å². The molecular weight excluding hydrogens is 230 g/mol. The largest absolute Gasteiger partial charge is 0.392 e. The van der Waals surface area contributed by atoms with Crippen LogP contribution < -0.4 is 5.32 Å². The molecule has 17 heavy (non-hydrogen) atoms. The molecule has 3 heteroatoms. The topological polar surface area (TPSA) is 32.3 Å². The Labute approximate surface area is 106 Å². The van der Waals surface area contributed by atoms with E-state index in [9.17, 15) is 0 Å². The molecule has 1 heterocycles. The van der Waals surface area contributed by atoms with Gasteiger partial charge >= 0.3 is 0 Å². The van der Waals surface area contributed by atoms with Crippen LogP contribution in [0.2, 0.25) is 0 Å². The molecule has 0 aliphatic heterocycles. The second-order valence-electron chi connectivity index (χ2n) is 3.93. The molecule has 2 aromatic rings. The Balaban J connectivity index is 1.92. The lowest BCUT2D eigenvalue weighted by molar-refractivity contribution is 0.282. The molecule has 0 fully saturated rings. The number of benzene rings is 1. The molecular formula is C14H17NOS. The molecule has 0 saturated carbocycles. The fourth-order valence-electron chi connectivity index (χ4n) is 1.62. The fraction of sp³-hybridized carbons (Fsp3) is 0.286. The molecule has 0 atom stereocenters.